The molecule has 0 aromatic heterocycles. The summed E-state index contributed by atoms with van der Waals surface area (Å²) < 4.78 is 0. The molecule has 0 bridgehead atoms. The summed E-state index contributed by atoms with van der Waals surface area (Å²) in [6.45, 7) is 13.3. The highest BCUT2D eigenvalue weighted by Crippen LogP contribution is 2.54. The third-order valence-corrected chi connectivity index (χ3v) is 3.11. The SMILES string of the molecule is C=C1C(C(C)C)C1C(C)CC. The lowest BCUT2D eigenvalue weighted by molar-refractivity contribution is 0.415. The molecule has 1 aliphatic carbocycles. The van der Waals surface area contributed by atoms with Gasteiger partial charge in [-0.25, -0.2) is 0 Å². The maximum absolute atomic E-state index is 4.12. The maximum atomic E-state index is 4.12. The van der Waals surface area contributed by atoms with Gasteiger partial charge >= 0.3 is 0 Å². The molecular weight excluding hydrogens is 132 g/mol. The van der Waals surface area contributed by atoms with Crippen LogP contribution >= 0.6 is 0 Å². The third kappa shape index (κ3) is 1.50. The van der Waals surface area contributed by atoms with Gasteiger partial charge in [0.1, 0.15) is 0 Å². The Kier molecular flexibility index (Phi) is 2.41. The van der Waals surface area contributed by atoms with Crippen LogP contribution in [0.15, 0.2) is 12.2 Å². The van der Waals surface area contributed by atoms with Crippen LogP contribution in [0.4, 0.5) is 0 Å². The van der Waals surface area contributed by atoms with Gasteiger partial charge in [-0.3, -0.25) is 0 Å². The van der Waals surface area contributed by atoms with Crippen molar-refractivity contribution >= 4 is 0 Å². The molecule has 0 heterocycles. The molecule has 11 heavy (non-hydrogen) atoms. The van der Waals surface area contributed by atoms with E-state index >= 15 is 0 Å². The molecule has 1 aliphatic rings. The van der Waals surface area contributed by atoms with Gasteiger partial charge in [0.25, 0.3) is 0 Å². The first-order valence-electron chi connectivity index (χ1n) is 4.78. The summed E-state index contributed by atoms with van der Waals surface area (Å²) in [6, 6.07) is 0. The lowest BCUT2D eigenvalue weighted by Gasteiger charge is -2.07. The van der Waals surface area contributed by atoms with E-state index in [1.54, 1.807) is 0 Å². The summed E-state index contributed by atoms with van der Waals surface area (Å²) in [6.07, 6.45) is 1.30. The summed E-state index contributed by atoms with van der Waals surface area (Å²) >= 11 is 0. The second-order valence-corrected chi connectivity index (χ2v) is 4.26. The minimum Gasteiger partial charge on any atom is -0.0992 e. The summed E-state index contributed by atoms with van der Waals surface area (Å²) in [7, 11) is 0. The van der Waals surface area contributed by atoms with Crippen molar-refractivity contribution in [2.45, 2.75) is 34.1 Å². The lowest BCUT2D eigenvalue weighted by atomic mass is 9.97. The second-order valence-electron chi connectivity index (χ2n) is 4.26. The quantitative estimate of drug-likeness (QED) is 0.543. The molecule has 0 aromatic carbocycles. The Labute approximate surface area is 70.7 Å². The molecule has 1 saturated carbocycles. The zero-order valence-electron chi connectivity index (χ0n) is 8.22. The molecule has 0 radical (unpaired) electrons. The van der Waals surface area contributed by atoms with Crippen molar-refractivity contribution in [1.29, 1.82) is 0 Å². The molecule has 0 N–H and O–H groups in total. The summed E-state index contributed by atoms with van der Waals surface area (Å²) in [5, 5.41) is 0. The molecular formula is C11H20. The third-order valence-electron chi connectivity index (χ3n) is 3.11. The fraction of sp³-hybridized carbons (Fsp3) is 0.818. The molecule has 0 amide bonds. The fourth-order valence-electron chi connectivity index (χ4n) is 2.18. The fourth-order valence-corrected chi connectivity index (χ4v) is 2.18. The molecule has 3 unspecified atom stereocenters. The van der Waals surface area contributed by atoms with Crippen LogP contribution in [0.1, 0.15) is 34.1 Å². The van der Waals surface area contributed by atoms with Gasteiger partial charge in [0.05, 0.1) is 0 Å². The molecule has 0 spiro atoms. The van der Waals surface area contributed by atoms with E-state index in [1.807, 2.05) is 0 Å². The van der Waals surface area contributed by atoms with Crippen molar-refractivity contribution in [3.8, 4) is 0 Å². The van der Waals surface area contributed by atoms with E-state index in [4.69, 9.17) is 0 Å². The summed E-state index contributed by atoms with van der Waals surface area (Å²) in [4.78, 5) is 0. The van der Waals surface area contributed by atoms with Crippen LogP contribution in [0.5, 0.6) is 0 Å². The predicted molar refractivity (Wildman–Crippen MR) is 50.4 cm³/mol. The minimum absolute atomic E-state index is 0.807. The van der Waals surface area contributed by atoms with E-state index in [0.717, 1.165) is 23.7 Å². The molecule has 0 saturated heterocycles. The largest absolute Gasteiger partial charge is 0.0992 e. The number of rotatable bonds is 3. The minimum atomic E-state index is 0.807. The highest BCUT2D eigenvalue weighted by atomic mass is 14.5. The van der Waals surface area contributed by atoms with Crippen molar-refractivity contribution < 1.29 is 0 Å². The summed E-state index contributed by atoms with van der Waals surface area (Å²) in [5.41, 5.74) is 1.51. The smallest absolute Gasteiger partial charge is 0.0109 e. The second kappa shape index (κ2) is 3.00. The van der Waals surface area contributed by atoms with Gasteiger partial charge < -0.3 is 0 Å². The van der Waals surface area contributed by atoms with E-state index < -0.39 is 0 Å². The van der Waals surface area contributed by atoms with Crippen molar-refractivity contribution in [1.82, 2.24) is 0 Å². The Bertz CT molecular complexity index is 155. The van der Waals surface area contributed by atoms with Gasteiger partial charge in [-0.1, -0.05) is 46.3 Å². The molecule has 1 rings (SSSR count). The van der Waals surface area contributed by atoms with Gasteiger partial charge in [0, 0.05) is 0 Å². The van der Waals surface area contributed by atoms with Crippen molar-refractivity contribution in [3.63, 3.8) is 0 Å². The predicted octanol–water partition coefficient (Wildman–Crippen LogP) is 3.49. The van der Waals surface area contributed by atoms with Gasteiger partial charge in [0.2, 0.25) is 0 Å². The monoisotopic (exact) mass is 152 g/mol. The van der Waals surface area contributed by atoms with Crippen LogP contribution in [-0.4, -0.2) is 0 Å². The Hall–Kier alpha value is -0.260. The standard InChI is InChI=1S/C11H20/c1-6-8(4)11-9(5)10(11)7(2)3/h7-8,10-11H,5-6H2,1-4H3. The zero-order valence-corrected chi connectivity index (χ0v) is 8.22. The molecule has 0 nitrogen and oxygen atoms in total. The molecule has 0 heteroatoms. The van der Waals surface area contributed by atoms with Gasteiger partial charge in [-0.05, 0) is 23.7 Å². The van der Waals surface area contributed by atoms with Gasteiger partial charge in [-0.15, -0.1) is 0 Å². The van der Waals surface area contributed by atoms with Crippen LogP contribution < -0.4 is 0 Å². The number of hydrogen-bond acceptors (Lipinski definition) is 0. The highest BCUT2D eigenvalue weighted by molar-refractivity contribution is 5.27. The van der Waals surface area contributed by atoms with Crippen molar-refractivity contribution in [3.05, 3.63) is 12.2 Å². The van der Waals surface area contributed by atoms with Gasteiger partial charge in [0.15, 0.2) is 0 Å². The molecule has 0 aromatic rings. The van der Waals surface area contributed by atoms with E-state index in [9.17, 15) is 0 Å². The lowest BCUT2D eigenvalue weighted by Crippen LogP contribution is -2.00. The zero-order chi connectivity index (χ0) is 8.59. The van der Waals surface area contributed by atoms with Crippen LogP contribution in [0.25, 0.3) is 0 Å². The Morgan fingerprint density at radius 3 is 2.09 bits per heavy atom. The average Bonchev–Trinajstić information content (AvgIpc) is 2.60. The molecule has 0 aliphatic heterocycles. The highest BCUT2D eigenvalue weighted by Gasteiger charge is 2.46. The molecule has 1 fully saturated rings. The Balaban J connectivity index is 2.47. The van der Waals surface area contributed by atoms with E-state index in [2.05, 4.69) is 34.3 Å². The molecule has 3 atom stereocenters. The first-order chi connectivity index (χ1) is 5.09. The van der Waals surface area contributed by atoms with Gasteiger partial charge in [-0.2, -0.15) is 0 Å². The average molecular weight is 152 g/mol. The topological polar surface area (TPSA) is 0 Å². The van der Waals surface area contributed by atoms with Crippen molar-refractivity contribution in [2.24, 2.45) is 23.7 Å². The number of allylic oxidation sites excluding steroid dienone is 1. The van der Waals surface area contributed by atoms with E-state index in [0.29, 0.717) is 0 Å². The molecule has 64 valence electrons. The number of hydrogen-bond donors (Lipinski definition) is 0. The van der Waals surface area contributed by atoms with E-state index in [-0.39, 0.29) is 0 Å². The Morgan fingerprint density at radius 2 is 1.82 bits per heavy atom. The first-order valence-corrected chi connectivity index (χ1v) is 4.78. The van der Waals surface area contributed by atoms with Crippen LogP contribution in [0.2, 0.25) is 0 Å². The van der Waals surface area contributed by atoms with Crippen LogP contribution in [0, 0.1) is 23.7 Å². The maximum Gasteiger partial charge on any atom is -0.0109 e. The van der Waals surface area contributed by atoms with Crippen molar-refractivity contribution in [2.75, 3.05) is 0 Å². The van der Waals surface area contributed by atoms with Crippen LogP contribution in [0.3, 0.4) is 0 Å². The Morgan fingerprint density at radius 1 is 1.27 bits per heavy atom. The first kappa shape index (κ1) is 8.83. The van der Waals surface area contributed by atoms with Crippen LogP contribution in [-0.2, 0) is 0 Å². The van der Waals surface area contributed by atoms with E-state index in [1.165, 1.54) is 12.0 Å². The normalized spacial score (nSPS) is 32.6. The summed E-state index contributed by atoms with van der Waals surface area (Å²) in [5.74, 6) is 3.35.